The van der Waals surface area contributed by atoms with Gasteiger partial charge in [-0.3, -0.25) is 4.79 Å². The lowest BCUT2D eigenvalue weighted by Gasteiger charge is -2.30. The van der Waals surface area contributed by atoms with Gasteiger partial charge in [0.05, 0.1) is 19.3 Å². The van der Waals surface area contributed by atoms with E-state index in [0.29, 0.717) is 25.9 Å². The van der Waals surface area contributed by atoms with E-state index in [1.165, 1.54) is 30.5 Å². The summed E-state index contributed by atoms with van der Waals surface area (Å²) in [6.45, 7) is 9.40. The zero-order valence-corrected chi connectivity index (χ0v) is 16.0. The van der Waals surface area contributed by atoms with Crippen molar-refractivity contribution < 1.29 is 23.0 Å². The summed E-state index contributed by atoms with van der Waals surface area (Å²) in [7, 11) is -0.866. The highest BCUT2D eigenvalue weighted by molar-refractivity contribution is 7.89. The lowest BCUT2D eigenvalue weighted by Crippen LogP contribution is -3.27. The molecular weight excluding hydrogens is 328 g/mol. The summed E-state index contributed by atoms with van der Waals surface area (Å²) in [5.41, 5.74) is 0. The van der Waals surface area contributed by atoms with E-state index in [1.807, 2.05) is 0 Å². The molecular formula is C16H34N4O3S+2. The van der Waals surface area contributed by atoms with Crippen molar-refractivity contribution >= 4 is 15.9 Å². The largest absolute Gasteiger partial charge is 0.356 e. The van der Waals surface area contributed by atoms with E-state index in [4.69, 9.17) is 0 Å². The zero-order chi connectivity index (χ0) is 17.6. The highest BCUT2D eigenvalue weighted by Gasteiger charge is 2.30. The van der Waals surface area contributed by atoms with E-state index in [9.17, 15) is 13.2 Å². The average molecular weight is 363 g/mol. The molecule has 2 fully saturated rings. The first-order valence-electron chi connectivity index (χ1n) is 9.32. The average Bonchev–Trinajstić information content (AvgIpc) is 2.60. The third-order valence-electron chi connectivity index (χ3n) is 5.40. The number of rotatable bonds is 7. The quantitative estimate of drug-likeness (QED) is 0.422. The molecule has 2 rings (SSSR count). The topological polar surface area (TPSA) is 75.4 Å². The summed E-state index contributed by atoms with van der Waals surface area (Å²) in [6.07, 6.45) is 2.29. The predicted molar refractivity (Wildman–Crippen MR) is 93.6 cm³/mol. The van der Waals surface area contributed by atoms with Gasteiger partial charge in [-0.05, 0) is 19.8 Å². The minimum absolute atomic E-state index is 0.0344. The molecule has 0 aromatic rings. The molecule has 0 bridgehead atoms. The lowest BCUT2D eigenvalue weighted by atomic mass is 9.97. The summed E-state index contributed by atoms with van der Waals surface area (Å²) in [5, 5.41) is 3.04. The molecule has 8 heteroatoms. The molecule has 0 unspecified atom stereocenters. The van der Waals surface area contributed by atoms with Crippen LogP contribution in [0.5, 0.6) is 0 Å². The molecule has 7 nitrogen and oxygen atoms in total. The molecule has 0 aromatic carbocycles. The highest BCUT2D eigenvalue weighted by atomic mass is 32.2. The van der Waals surface area contributed by atoms with Gasteiger partial charge in [0.15, 0.2) is 0 Å². The van der Waals surface area contributed by atoms with Crippen molar-refractivity contribution in [1.82, 2.24) is 9.62 Å². The van der Waals surface area contributed by atoms with E-state index < -0.39 is 10.0 Å². The lowest BCUT2D eigenvalue weighted by molar-refractivity contribution is -1.00. The second-order valence-electron chi connectivity index (χ2n) is 7.18. The number of amides is 1. The number of hydrogen-bond donors (Lipinski definition) is 3. The van der Waals surface area contributed by atoms with Gasteiger partial charge in [0, 0.05) is 32.0 Å². The number of carbonyl (C=O) groups excluding carboxylic acids is 1. The van der Waals surface area contributed by atoms with Gasteiger partial charge in [0.25, 0.3) is 0 Å². The van der Waals surface area contributed by atoms with Gasteiger partial charge in [-0.15, -0.1) is 0 Å². The molecule has 24 heavy (non-hydrogen) atoms. The minimum atomic E-state index is -3.11. The maximum Gasteiger partial charge on any atom is 0.223 e. The number of piperidine rings is 1. The van der Waals surface area contributed by atoms with Crippen molar-refractivity contribution in [3.63, 3.8) is 0 Å². The van der Waals surface area contributed by atoms with Gasteiger partial charge < -0.3 is 15.1 Å². The minimum Gasteiger partial charge on any atom is -0.356 e. The van der Waals surface area contributed by atoms with Crippen LogP contribution < -0.4 is 15.1 Å². The molecule has 0 radical (unpaired) electrons. The first kappa shape index (κ1) is 19.6. The van der Waals surface area contributed by atoms with Crippen LogP contribution in [-0.4, -0.2) is 83.8 Å². The van der Waals surface area contributed by atoms with Crippen LogP contribution in [0.15, 0.2) is 0 Å². The smallest absolute Gasteiger partial charge is 0.223 e. The predicted octanol–water partition coefficient (Wildman–Crippen LogP) is -3.03. The maximum absolute atomic E-state index is 12.2. The number of nitrogens with zero attached hydrogens (tertiary/aromatic N) is 1. The van der Waals surface area contributed by atoms with Gasteiger partial charge in [-0.2, -0.15) is 0 Å². The van der Waals surface area contributed by atoms with Gasteiger partial charge in [-0.25, -0.2) is 12.7 Å². The Labute approximate surface area is 146 Å². The summed E-state index contributed by atoms with van der Waals surface area (Å²) in [5.74, 6) is 0.203. The van der Waals surface area contributed by atoms with E-state index in [-0.39, 0.29) is 17.6 Å². The Bertz CT molecular complexity index is 495. The van der Waals surface area contributed by atoms with Crippen molar-refractivity contribution in [3.05, 3.63) is 0 Å². The van der Waals surface area contributed by atoms with Crippen molar-refractivity contribution in [3.8, 4) is 0 Å². The van der Waals surface area contributed by atoms with Crippen LogP contribution in [0.3, 0.4) is 0 Å². The molecule has 2 aliphatic rings. The summed E-state index contributed by atoms with van der Waals surface area (Å²) >= 11 is 0. The van der Waals surface area contributed by atoms with E-state index in [0.717, 1.165) is 19.5 Å². The van der Waals surface area contributed by atoms with Gasteiger partial charge in [0.1, 0.15) is 26.2 Å². The number of piperazine rings is 1. The first-order valence-corrected chi connectivity index (χ1v) is 10.9. The molecule has 0 spiro atoms. The van der Waals surface area contributed by atoms with Gasteiger partial charge in [-0.1, -0.05) is 0 Å². The van der Waals surface area contributed by atoms with Crippen LogP contribution in [0.25, 0.3) is 0 Å². The fourth-order valence-corrected chi connectivity index (χ4v) is 4.69. The molecule has 2 saturated heterocycles. The monoisotopic (exact) mass is 362 g/mol. The van der Waals surface area contributed by atoms with Crippen molar-refractivity contribution in [2.24, 2.45) is 5.92 Å². The Morgan fingerprint density at radius 2 is 1.79 bits per heavy atom. The van der Waals surface area contributed by atoms with Crippen molar-refractivity contribution in [2.75, 3.05) is 65.2 Å². The van der Waals surface area contributed by atoms with E-state index in [2.05, 4.69) is 12.4 Å². The molecule has 0 atom stereocenters. The summed E-state index contributed by atoms with van der Waals surface area (Å²) in [6, 6.07) is 0. The Morgan fingerprint density at radius 1 is 1.17 bits per heavy atom. The Kier molecular flexibility index (Phi) is 7.46. The molecule has 2 heterocycles. The second kappa shape index (κ2) is 9.12. The van der Waals surface area contributed by atoms with Crippen LogP contribution in [0.4, 0.5) is 0 Å². The highest BCUT2D eigenvalue weighted by Crippen LogP contribution is 2.19. The fourth-order valence-electron chi connectivity index (χ4n) is 3.55. The van der Waals surface area contributed by atoms with E-state index in [1.54, 1.807) is 16.7 Å². The standard InChI is InChI=1S/C16H32N4O3S/c1-3-24(22,23)20-9-5-15(6-10-20)16(21)17-7-4-8-19-13-11-18(2)12-14-19/h15H,3-14H2,1-2H3,(H,17,21)/p+2. The number of likely N-dealkylation sites (N-methyl/N-ethyl adjacent to an activating group) is 1. The molecule has 0 aliphatic carbocycles. The molecule has 0 saturated carbocycles. The maximum atomic E-state index is 12.2. The molecule has 3 N–H and O–H groups in total. The molecule has 140 valence electrons. The Balaban J connectivity index is 1.60. The van der Waals surface area contributed by atoms with Crippen LogP contribution >= 0.6 is 0 Å². The molecule has 2 aliphatic heterocycles. The van der Waals surface area contributed by atoms with Crippen molar-refractivity contribution in [1.29, 1.82) is 0 Å². The van der Waals surface area contributed by atoms with Crippen LogP contribution in [0.2, 0.25) is 0 Å². The van der Waals surface area contributed by atoms with Crippen LogP contribution in [0.1, 0.15) is 26.2 Å². The number of quaternary nitrogens is 2. The number of carbonyl (C=O) groups is 1. The SMILES string of the molecule is CCS(=O)(=O)N1CCC(C(=O)NCCC[NH+]2CC[NH+](C)CC2)CC1. The normalized spacial score (nSPS) is 27.1. The second-order valence-corrected chi connectivity index (χ2v) is 9.43. The summed E-state index contributed by atoms with van der Waals surface area (Å²) < 4.78 is 25.2. The third-order valence-corrected chi connectivity index (χ3v) is 7.28. The summed E-state index contributed by atoms with van der Waals surface area (Å²) in [4.78, 5) is 15.5. The fraction of sp³-hybridized carbons (Fsp3) is 0.938. The van der Waals surface area contributed by atoms with E-state index >= 15 is 0 Å². The van der Waals surface area contributed by atoms with Gasteiger partial charge in [0.2, 0.25) is 15.9 Å². The van der Waals surface area contributed by atoms with Crippen LogP contribution in [-0.2, 0) is 14.8 Å². The number of nitrogens with one attached hydrogen (secondary N) is 3. The third kappa shape index (κ3) is 5.68. The molecule has 1 amide bonds. The zero-order valence-electron chi connectivity index (χ0n) is 15.1. The molecule has 0 aromatic heterocycles. The van der Waals surface area contributed by atoms with Gasteiger partial charge >= 0.3 is 0 Å². The Morgan fingerprint density at radius 3 is 2.38 bits per heavy atom. The number of sulfonamides is 1. The van der Waals surface area contributed by atoms with Crippen LogP contribution in [0, 0.1) is 5.92 Å². The first-order chi connectivity index (χ1) is 11.4. The number of hydrogen-bond acceptors (Lipinski definition) is 3. The Hall–Kier alpha value is -0.700. The van der Waals surface area contributed by atoms with Crippen molar-refractivity contribution in [2.45, 2.75) is 26.2 Å².